The highest BCUT2D eigenvalue weighted by molar-refractivity contribution is 6.31. The molecule has 1 fully saturated rings. The summed E-state index contributed by atoms with van der Waals surface area (Å²) in [6.07, 6.45) is 4.78. The highest BCUT2D eigenvalue weighted by Gasteiger charge is 2.51. The number of aromatic amines is 1. The van der Waals surface area contributed by atoms with E-state index in [0.29, 0.717) is 12.2 Å². The molecule has 1 aliphatic carbocycles. The molecule has 1 unspecified atom stereocenters. The Hall–Kier alpha value is -1.03. The van der Waals surface area contributed by atoms with Gasteiger partial charge in [0.2, 0.25) is 0 Å². The van der Waals surface area contributed by atoms with Crippen LogP contribution in [-0.4, -0.2) is 17.3 Å². The van der Waals surface area contributed by atoms with Crippen LogP contribution in [0.5, 0.6) is 0 Å². The number of hydrogen-bond acceptors (Lipinski definition) is 2. The van der Waals surface area contributed by atoms with E-state index in [-0.39, 0.29) is 23.9 Å². The molecular formula is C18H22Cl2N2O. The number of benzene rings is 1. The quantitative estimate of drug-likeness (QED) is 0.848. The molecule has 2 heterocycles. The number of ketones is 1. The Bertz CT molecular complexity index is 749. The zero-order chi connectivity index (χ0) is 15.3. The fraction of sp³-hybridized carbons (Fsp3) is 0.500. The van der Waals surface area contributed by atoms with E-state index in [9.17, 15) is 4.79 Å². The van der Waals surface area contributed by atoms with Crippen molar-refractivity contribution >= 4 is 40.7 Å². The molecule has 2 aromatic rings. The van der Waals surface area contributed by atoms with Crippen LogP contribution in [0.3, 0.4) is 0 Å². The molecule has 23 heavy (non-hydrogen) atoms. The second kappa shape index (κ2) is 6.12. The first-order valence-corrected chi connectivity index (χ1v) is 8.60. The van der Waals surface area contributed by atoms with Crippen LogP contribution in [-0.2, 0) is 11.2 Å². The van der Waals surface area contributed by atoms with Crippen LogP contribution in [0.4, 0.5) is 0 Å². The summed E-state index contributed by atoms with van der Waals surface area (Å²) in [6, 6.07) is 6.14. The number of H-pyrrole nitrogens is 1. The molecule has 1 aromatic carbocycles. The third-order valence-corrected chi connectivity index (χ3v) is 5.82. The average molecular weight is 353 g/mol. The molecule has 1 atom stereocenters. The SMILES string of the molecule is CCC(=O)C1(C2NCCc3c2[nH]c2ccc(Cl)cc32)CCC1.Cl. The van der Waals surface area contributed by atoms with E-state index in [1.807, 2.05) is 25.1 Å². The van der Waals surface area contributed by atoms with Crippen LogP contribution >= 0.6 is 24.0 Å². The van der Waals surface area contributed by atoms with Gasteiger partial charge in [-0.1, -0.05) is 24.9 Å². The molecule has 0 spiro atoms. The Morgan fingerprint density at radius 1 is 1.39 bits per heavy atom. The normalized spacial score (nSPS) is 22.1. The molecule has 3 nitrogen and oxygen atoms in total. The summed E-state index contributed by atoms with van der Waals surface area (Å²) in [4.78, 5) is 16.2. The number of aromatic nitrogens is 1. The lowest BCUT2D eigenvalue weighted by Gasteiger charge is -2.48. The van der Waals surface area contributed by atoms with E-state index in [2.05, 4.69) is 10.3 Å². The van der Waals surface area contributed by atoms with Gasteiger partial charge in [-0.15, -0.1) is 12.4 Å². The van der Waals surface area contributed by atoms with Crippen LogP contribution < -0.4 is 5.32 Å². The average Bonchev–Trinajstić information content (AvgIpc) is 2.85. The molecule has 0 amide bonds. The van der Waals surface area contributed by atoms with Crippen LogP contribution in [0.2, 0.25) is 5.02 Å². The number of Topliss-reactive ketones (excluding diaryl/α,β-unsaturated/α-hetero) is 1. The molecule has 0 saturated heterocycles. The van der Waals surface area contributed by atoms with Crippen LogP contribution in [0, 0.1) is 5.41 Å². The minimum atomic E-state index is -0.200. The first-order valence-electron chi connectivity index (χ1n) is 8.22. The van der Waals surface area contributed by atoms with Crippen molar-refractivity contribution < 1.29 is 4.79 Å². The first kappa shape index (κ1) is 16.8. The third-order valence-electron chi connectivity index (χ3n) is 5.59. The Balaban J connectivity index is 0.00000156. The highest BCUT2D eigenvalue weighted by atomic mass is 35.5. The van der Waals surface area contributed by atoms with Crippen LogP contribution in [0.15, 0.2) is 18.2 Å². The predicted molar refractivity (Wildman–Crippen MR) is 96.6 cm³/mol. The topological polar surface area (TPSA) is 44.9 Å². The highest BCUT2D eigenvalue weighted by Crippen LogP contribution is 2.53. The van der Waals surface area contributed by atoms with E-state index < -0.39 is 0 Å². The van der Waals surface area contributed by atoms with Gasteiger partial charge in [0.1, 0.15) is 5.78 Å². The van der Waals surface area contributed by atoms with Gasteiger partial charge in [-0.3, -0.25) is 4.79 Å². The second-order valence-corrected chi connectivity index (χ2v) is 7.07. The lowest BCUT2D eigenvalue weighted by atomic mass is 9.59. The zero-order valence-electron chi connectivity index (χ0n) is 13.2. The van der Waals surface area contributed by atoms with Gasteiger partial charge in [0, 0.05) is 33.5 Å². The summed E-state index contributed by atoms with van der Waals surface area (Å²) in [5, 5.41) is 5.61. The first-order chi connectivity index (χ1) is 10.7. The Morgan fingerprint density at radius 2 is 2.17 bits per heavy atom. The number of hydrogen-bond donors (Lipinski definition) is 2. The second-order valence-electron chi connectivity index (χ2n) is 6.63. The molecule has 1 saturated carbocycles. The molecular weight excluding hydrogens is 331 g/mol. The summed E-state index contributed by atoms with van der Waals surface area (Å²) < 4.78 is 0. The third kappa shape index (κ3) is 2.41. The van der Waals surface area contributed by atoms with E-state index in [0.717, 1.165) is 42.8 Å². The Labute approximate surface area is 147 Å². The standard InChI is InChI=1S/C18H21ClN2O.ClH/c1-2-15(22)18(7-3-8-18)17-16-12(6-9-20-17)13-10-11(19)4-5-14(13)21-16;/h4-5,10,17,20-21H,2-3,6-9H2,1H3;1H. The zero-order valence-corrected chi connectivity index (χ0v) is 14.8. The molecule has 1 aliphatic heterocycles. The molecule has 1 aromatic heterocycles. The monoisotopic (exact) mass is 352 g/mol. The van der Waals surface area contributed by atoms with Gasteiger partial charge in [0.05, 0.1) is 6.04 Å². The lowest BCUT2D eigenvalue weighted by Crippen LogP contribution is -2.50. The maximum Gasteiger partial charge on any atom is 0.140 e. The Kier molecular flexibility index (Phi) is 4.47. The van der Waals surface area contributed by atoms with Crippen molar-refractivity contribution in [3.05, 3.63) is 34.5 Å². The fourth-order valence-corrected chi connectivity index (χ4v) is 4.48. The summed E-state index contributed by atoms with van der Waals surface area (Å²) in [5.74, 6) is 0.404. The van der Waals surface area contributed by atoms with Gasteiger partial charge in [0.15, 0.2) is 0 Å². The van der Waals surface area contributed by atoms with Crippen molar-refractivity contribution in [3.8, 4) is 0 Å². The van der Waals surface area contributed by atoms with Crippen molar-refractivity contribution in [2.75, 3.05) is 6.54 Å². The fourth-order valence-electron chi connectivity index (χ4n) is 4.31. The number of fused-ring (bicyclic) bond motifs is 3. The van der Waals surface area contributed by atoms with Crippen molar-refractivity contribution in [1.29, 1.82) is 0 Å². The van der Waals surface area contributed by atoms with Crippen LogP contribution in [0.1, 0.15) is 49.9 Å². The van der Waals surface area contributed by atoms with Gasteiger partial charge in [-0.25, -0.2) is 0 Å². The molecule has 0 radical (unpaired) electrons. The van der Waals surface area contributed by atoms with Crippen molar-refractivity contribution in [1.82, 2.24) is 10.3 Å². The largest absolute Gasteiger partial charge is 0.357 e. The van der Waals surface area contributed by atoms with E-state index in [1.165, 1.54) is 16.6 Å². The molecule has 0 bridgehead atoms. The predicted octanol–water partition coefficient (Wildman–Crippen LogP) is 4.58. The van der Waals surface area contributed by atoms with Gasteiger partial charge in [-0.05, 0) is 49.6 Å². The van der Waals surface area contributed by atoms with E-state index >= 15 is 0 Å². The smallest absolute Gasteiger partial charge is 0.140 e. The van der Waals surface area contributed by atoms with Gasteiger partial charge < -0.3 is 10.3 Å². The van der Waals surface area contributed by atoms with Crippen molar-refractivity contribution in [2.45, 2.75) is 45.1 Å². The molecule has 4 rings (SSSR count). The van der Waals surface area contributed by atoms with Gasteiger partial charge in [-0.2, -0.15) is 0 Å². The maximum absolute atomic E-state index is 12.6. The number of carbonyl (C=O) groups excluding carboxylic acids is 1. The van der Waals surface area contributed by atoms with E-state index in [4.69, 9.17) is 11.6 Å². The summed E-state index contributed by atoms with van der Waals surface area (Å²) in [5.41, 5.74) is 3.48. The van der Waals surface area contributed by atoms with Gasteiger partial charge >= 0.3 is 0 Å². The molecule has 5 heteroatoms. The van der Waals surface area contributed by atoms with Crippen molar-refractivity contribution in [2.24, 2.45) is 5.41 Å². The summed E-state index contributed by atoms with van der Waals surface area (Å²) in [7, 11) is 0. The summed E-state index contributed by atoms with van der Waals surface area (Å²) in [6.45, 7) is 2.91. The van der Waals surface area contributed by atoms with Gasteiger partial charge in [0.25, 0.3) is 0 Å². The maximum atomic E-state index is 12.6. The van der Waals surface area contributed by atoms with Crippen molar-refractivity contribution in [3.63, 3.8) is 0 Å². The number of carbonyl (C=O) groups is 1. The lowest BCUT2D eigenvalue weighted by molar-refractivity contribution is -0.136. The number of halogens is 2. The number of rotatable bonds is 3. The van der Waals surface area contributed by atoms with E-state index in [1.54, 1.807) is 0 Å². The summed E-state index contributed by atoms with van der Waals surface area (Å²) >= 11 is 6.17. The molecule has 124 valence electrons. The Morgan fingerprint density at radius 3 is 2.83 bits per heavy atom. The minimum Gasteiger partial charge on any atom is -0.357 e. The molecule has 2 N–H and O–H groups in total. The van der Waals surface area contributed by atoms with Crippen LogP contribution in [0.25, 0.3) is 10.9 Å². The molecule has 2 aliphatic rings. The number of nitrogens with one attached hydrogen (secondary N) is 2. The minimum absolute atomic E-state index is 0.